The topological polar surface area (TPSA) is 58.4 Å². The van der Waals surface area contributed by atoms with E-state index in [0.717, 1.165) is 52.4 Å². The lowest BCUT2D eigenvalue weighted by atomic mass is 10.3. The molecule has 1 aliphatic rings. The summed E-state index contributed by atoms with van der Waals surface area (Å²) in [6, 6.07) is 12.2. The molecular formula is C20H22N6. The second-order valence-electron chi connectivity index (χ2n) is 6.99. The van der Waals surface area contributed by atoms with Crippen LogP contribution in [-0.2, 0) is 0 Å². The average Bonchev–Trinajstić information content (AvgIpc) is 3.29. The lowest BCUT2D eigenvalue weighted by Gasteiger charge is -2.15. The molecule has 1 aliphatic heterocycles. The summed E-state index contributed by atoms with van der Waals surface area (Å²) in [5, 5.41) is 3.52. The van der Waals surface area contributed by atoms with Gasteiger partial charge in [-0.2, -0.15) is 0 Å². The fraction of sp³-hybridized carbons (Fsp3) is 0.350. The molecule has 0 unspecified atom stereocenters. The van der Waals surface area contributed by atoms with Crippen LogP contribution in [0.25, 0.3) is 27.8 Å². The van der Waals surface area contributed by atoms with Gasteiger partial charge in [0.15, 0.2) is 17.1 Å². The van der Waals surface area contributed by atoms with Crippen molar-refractivity contribution in [2.75, 3.05) is 31.5 Å². The van der Waals surface area contributed by atoms with E-state index < -0.39 is 0 Å². The van der Waals surface area contributed by atoms with Gasteiger partial charge in [-0.3, -0.25) is 4.40 Å². The van der Waals surface area contributed by atoms with Crippen LogP contribution in [0.4, 0.5) is 5.82 Å². The molecule has 0 saturated carbocycles. The van der Waals surface area contributed by atoms with Gasteiger partial charge in [0.05, 0.1) is 11.0 Å². The Kier molecular flexibility index (Phi) is 3.71. The first-order valence-electron chi connectivity index (χ1n) is 9.30. The molecule has 1 aromatic carbocycles. The number of nitrogens with one attached hydrogen (secondary N) is 1. The molecule has 6 heteroatoms. The maximum absolute atomic E-state index is 4.83. The van der Waals surface area contributed by atoms with Crippen LogP contribution < -0.4 is 5.32 Å². The summed E-state index contributed by atoms with van der Waals surface area (Å²) in [4.78, 5) is 16.9. The number of nitrogens with zero attached hydrogens (tertiary/aromatic N) is 5. The molecule has 0 atom stereocenters. The van der Waals surface area contributed by atoms with Crippen molar-refractivity contribution in [1.29, 1.82) is 0 Å². The highest BCUT2D eigenvalue weighted by Crippen LogP contribution is 2.25. The SMILES string of the molecule is Cc1ccc2nc(NCCN3CCCC3)c3nc4ccccc4n3c2n1. The van der Waals surface area contributed by atoms with Gasteiger partial charge in [-0.05, 0) is 57.1 Å². The summed E-state index contributed by atoms with van der Waals surface area (Å²) in [6.07, 6.45) is 2.63. The molecule has 1 saturated heterocycles. The highest BCUT2D eigenvalue weighted by atomic mass is 15.2. The highest BCUT2D eigenvalue weighted by molar-refractivity contribution is 5.91. The van der Waals surface area contributed by atoms with Gasteiger partial charge in [0.1, 0.15) is 5.52 Å². The molecule has 5 rings (SSSR count). The maximum atomic E-state index is 4.83. The van der Waals surface area contributed by atoms with Crippen molar-refractivity contribution >= 4 is 33.7 Å². The number of para-hydroxylation sites is 2. The first-order chi connectivity index (χ1) is 12.8. The third-order valence-corrected chi connectivity index (χ3v) is 5.13. The number of aryl methyl sites for hydroxylation is 1. The zero-order valence-electron chi connectivity index (χ0n) is 14.9. The fourth-order valence-corrected chi connectivity index (χ4v) is 3.81. The van der Waals surface area contributed by atoms with Crippen LogP contribution in [0.1, 0.15) is 18.5 Å². The molecule has 0 aliphatic carbocycles. The molecule has 6 nitrogen and oxygen atoms in total. The van der Waals surface area contributed by atoms with Crippen molar-refractivity contribution in [3.05, 3.63) is 42.1 Å². The second-order valence-corrected chi connectivity index (χ2v) is 6.99. The number of hydrogen-bond acceptors (Lipinski definition) is 5. The normalized spacial score (nSPS) is 15.4. The minimum absolute atomic E-state index is 0.832. The first kappa shape index (κ1) is 15.5. The van der Waals surface area contributed by atoms with Crippen LogP contribution in [0.2, 0.25) is 0 Å². The molecule has 26 heavy (non-hydrogen) atoms. The second kappa shape index (κ2) is 6.21. The lowest BCUT2D eigenvalue weighted by Crippen LogP contribution is -2.26. The summed E-state index contributed by atoms with van der Waals surface area (Å²) in [6.45, 7) is 6.33. The highest BCUT2D eigenvalue weighted by Gasteiger charge is 2.16. The molecule has 4 aromatic rings. The molecule has 1 fully saturated rings. The van der Waals surface area contributed by atoms with Gasteiger partial charge in [-0.15, -0.1) is 0 Å². The summed E-state index contributed by atoms with van der Waals surface area (Å²) >= 11 is 0. The quantitative estimate of drug-likeness (QED) is 0.615. The van der Waals surface area contributed by atoms with Crippen LogP contribution >= 0.6 is 0 Å². The van der Waals surface area contributed by atoms with E-state index in [9.17, 15) is 0 Å². The number of rotatable bonds is 4. The monoisotopic (exact) mass is 346 g/mol. The Morgan fingerprint density at radius 1 is 0.923 bits per heavy atom. The van der Waals surface area contributed by atoms with E-state index >= 15 is 0 Å². The summed E-state index contributed by atoms with van der Waals surface area (Å²) in [7, 11) is 0. The van der Waals surface area contributed by atoms with Crippen LogP contribution in [0, 0.1) is 6.92 Å². The number of fused-ring (bicyclic) bond motifs is 5. The average molecular weight is 346 g/mol. The number of benzene rings is 1. The van der Waals surface area contributed by atoms with Gasteiger partial charge < -0.3 is 10.2 Å². The standard InChI is InChI=1S/C20H22N6/c1-14-8-9-16-19(22-14)26-17-7-3-2-6-15(17)24-20(26)18(23-16)21-10-13-25-11-4-5-12-25/h2-3,6-9H,4-5,10-13H2,1H3,(H,21,23). The van der Waals surface area contributed by atoms with Crippen molar-refractivity contribution in [3.8, 4) is 0 Å². The Bertz CT molecular complexity index is 1090. The molecule has 4 heterocycles. The van der Waals surface area contributed by atoms with Crippen molar-refractivity contribution < 1.29 is 0 Å². The van der Waals surface area contributed by atoms with E-state index in [4.69, 9.17) is 15.0 Å². The zero-order valence-corrected chi connectivity index (χ0v) is 14.9. The number of aromatic nitrogens is 4. The van der Waals surface area contributed by atoms with Crippen molar-refractivity contribution in [2.45, 2.75) is 19.8 Å². The Morgan fingerprint density at radius 3 is 2.65 bits per heavy atom. The van der Waals surface area contributed by atoms with E-state index in [0.29, 0.717) is 0 Å². The largest absolute Gasteiger partial charge is 0.366 e. The van der Waals surface area contributed by atoms with Gasteiger partial charge in [0.25, 0.3) is 0 Å². The van der Waals surface area contributed by atoms with Gasteiger partial charge in [-0.1, -0.05) is 12.1 Å². The summed E-state index contributed by atoms with van der Waals surface area (Å²) < 4.78 is 2.13. The zero-order chi connectivity index (χ0) is 17.5. The number of pyridine rings is 1. The van der Waals surface area contributed by atoms with Gasteiger partial charge in [0.2, 0.25) is 0 Å². The Hall–Kier alpha value is -2.73. The third-order valence-electron chi connectivity index (χ3n) is 5.13. The van der Waals surface area contributed by atoms with E-state index in [1.807, 2.05) is 37.3 Å². The molecule has 3 aromatic heterocycles. The van der Waals surface area contributed by atoms with Gasteiger partial charge >= 0.3 is 0 Å². The third kappa shape index (κ3) is 2.57. The van der Waals surface area contributed by atoms with Crippen molar-refractivity contribution in [1.82, 2.24) is 24.3 Å². The van der Waals surface area contributed by atoms with E-state index in [1.165, 1.54) is 25.9 Å². The lowest BCUT2D eigenvalue weighted by molar-refractivity contribution is 0.352. The number of likely N-dealkylation sites (tertiary alicyclic amines) is 1. The van der Waals surface area contributed by atoms with Crippen LogP contribution in [0.3, 0.4) is 0 Å². The fourth-order valence-electron chi connectivity index (χ4n) is 3.81. The predicted octanol–water partition coefficient (Wildman–Crippen LogP) is 3.25. The van der Waals surface area contributed by atoms with Crippen molar-refractivity contribution in [2.24, 2.45) is 0 Å². The van der Waals surface area contributed by atoms with Crippen molar-refractivity contribution in [3.63, 3.8) is 0 Å². The van der Waals surface area contributed by atoms with E-state index in [-0.39, 0.29) is 0 Å². The number of hydrogen-bond donors (Lipinski definition) is 1. The summed E-state index contributed by atoms with van der Waals surface area (Å²) in [5.74, 6) is 0.832. The molecule has 132 valence electrons. The first-order valence-corrected chi connectivity index (χ1v) is 9.30. The van der Waals surface area contributed by atoms with Crippen LogP contribution in [-0.4, -0.2) is 50.4 Å². The van der Waals surface area contributed by atoms with Crippen LogP contribution in [0.5, 0.6) is 0 Å². The van der Waals surface area contributed by atoms with Gasteiger partial charge in [0, 0.05) is 18.8 Å². The smallest absolute Gasteiger partial charge is 0.182 e. The Morgan fingerprint density at radius 2 is 1.77 bits per heavy atom. The molecule has 0 amide bonds. The van der Waals surface area contributed by atoms with E-state index in [1.54, 1.807) is 0 Å². The molecule has 1 N–H and O–H groups in total. The van der Waals surface area contributed by atoms with Crippen LogP contribution in [0.15, 0.2) is 36.4 Å². The minimum atomic E-state index is 0.832. The molecule has 0 radical (unpaired) electrons. The summed E-state index contributed by atoms with van der Waals surface area (Å²) in [5.41, 5.74) is 5.60. The Labute approximate surface area is 151 Å². The Balaban J connectivity index is 1.63. The molecule has 0 bridgehead atoms. The minimum Gasteiger partial charge on any atom is -0.366 e. The predicted molar refractivity (Wildman–Crippen MR) is 105 cm³/mol. The van der Waals surface area contributed by atoms with E-state index in [2.05, 4.69) is 20.7 Å². The van der Waals surface area contributed by atoms with Gasteiger partial charge in [-0.25, -0.2) is 15.0 Å². The maximum Gasteiger partial charge on any atom is 0.182 e. The number of anilines is 1. The molecular weight excluding hydrogens is 324 g/mol. The number of imidazole rings is 1. The molecule has 0 spiro atoms.